The van der Waals surface area contributed by atoms with Crippen LogP contribution in [0.5, 0.6) is 0 Å². The predicted octanol–water partition coefficient (Wildman–Crippen LogP) is 2.21. The van der Waals surface area contributed by atoms with Crippen molar-refractivity contribution in [2.45, 2.75) is 31.7 Å². The van der Waals surface area contributed by atoms with Gasteiger partial charge in [-0.3, -0.25) is 4.79 Å². The molecule has 2 aromatic rings. The first-order valence-electron chi connectivity index (χ1n) is 7.58. The summed E-state index contributed by atoms with van der Waals surface area (Å²) in [6.07, 6.45) is 6.08. The van der Waals surface area contributed by atoms with Crippen LogP contribution >= 0.6 is 0 Å². The Labute approximate surface area is 128 Å². The Morgan fingerprint density at radius 2 is 2.09 bits per heavy atom. The molecule has 0 spiro atoms. The van der Waals surface area contributed by atoms with E-state index in [4.69, 9.17) is 0 Å². The van der Waals surface area contributed by atoms with E-state index in [1.165, 1.54) is 18.5 Å². The van der Waals surface area contributed by atoms with Gasteiger partial charge in [-0.05, 0) is 30.5 Å². The molecule has 1 amide bonds. The van der Waals surface area contributed by atoms with Gasteiger partial charge in [0.15, 0.2) is 0 Å². The third-order valence-electron chi connectivity index (χ3n) is 4.13. The quantitative estimate of drug-likeness (QED) is 0.873. The maximum Gasteiger partial charge on any atom is 0.244 e. The topological polar surface area (TPSA) is 51.0 Å². The molecule has 1 aromatic heterocycles. The van der Waals surface area contributed by atoms with Gasteiger partial charge in [0.1, 0.15) is 25.0 Å². The molecule has 1 aliphatic heterocycles. The minimum atomic E-state index is -0.225. The summed E-state index contributed by atoms with van der Waals surface area (Å²) in [6.45, 7) is 1.67. The highest BCUT2D eigenvalue weighted by molar-refractivity contribution is 5.76. The third kappa shape index (κ3) is 3.50. The zero-order valence-corrected chi connectivity index (χ0v) is 12.4. The van der Waals surface area contributed by atoms with E-state index < -0.39 is 0 Å². The Morgan fingerprint density at radius 3 is 2.82 bits per heavy atom. The molecular weight excluding hydrogens is 283 g/mol. The Hall–Kier alpha value is -2.24. The van der Waals surface area contributed by atoms with Crippen LogP contribution in [0, 0.1) is 5.82 Å². The van der Waals surface area contributed by atoms with E-state index in [0.717, 1.165) is 31.4 Å². The molecule has 6 heteroatoms. The van der Waals surface area contributed by atoms with Crippen molar-refractivity contribution in [3.8, 4) is 0 Å². The smallest absolute Gasteiger partial charge is 0.244 e. The number of amides is 1. The lowest BCUT2D eigenvalue weighted by Gasteiger charge is -2.24. The van der Waals surface area contributed by atoms with E-state index in [1.54, 1.807) is 11.0 Å². The number of nitrogens with zero attached hydrogens (tertiary/aromatic N) is 4. The van der Waals surface area contributed by atoms with Crippen molar-refractivity contribution in [3.63, 3.8) is 0 Å². The van der Waals surface area contributed by atoms with Crippen LogP contribution in [0.3, 0.4) is 0 Å². The summed E-state index contributed by atoms with van der Waals surface area (Å²) in [4.78, 5) is 18.2. The summed E-state index contributed by atoms with van der Waals surface area (Å²) in [6, 6.07) is 6.63. The fourth-order valence-electron chi connectivity index (χ4n) is 2.93. The number of carbonyl (C=O) groups is 1. The zero-order chi connectivity index (χ0) is 15.4. The molecule has 116 valence electrons. The zero-order valence-electron chi connectivity index (χ0n) is 12.4. The van der Waals surface area contributed by atoms with E-state index in [-0.39, 0.29) is 24.2 Å². The van der Waals surface area contributed by atoms with Gasteiger partial charge in [-0.2, -0.15) is 5.10 Å². The van der Waals surface area contributed by atoms with Crippen molar-refractivity contribution in [2.75, 3.05) is 13.1 Å². The van der Waals surface area contributed by atoms with E-state index in [2.05, 4.69) is 10.1 Å². The van der Waals surface area contributed by atoms with Crippen molar-refractivity contribution >= 4 is 5.91 Å². The van der Waals surface area contributed by atoms with Crippen LogP contribution < -0.4 is 0 Å². The molecule has 5 nitrogen and oxygen atoms in total. The Morgan fingerprint density at radius 1 is 1.27 bits per heavy atom. The van der Waals surface area contributed by atoms with Crippen molar-refractivity contribution in [1.29, 1.82) is 0 Å². The predicted molar refractivity (Wildman–Crippen MR) is 79.6 cm³/mol. The molecule has 22 heavy (non-hydrogen) atoms. The Bertz CT molecular complexity index is 612. The second-order valence-electron chi connectivity index (χ2n) is 5.68. The number of carbonyl (C=O) groups excluding carboxylic acids is 1. The summed E-state index contributed by atoms with van der Waals surface area (Å²) in [5, 5.41) is 3.98. The fourth-order valence-corrected chi connectivity index (χ4v) is 2.93. The molecular formula is C16H19FN4O. The molecule has 0 saturated carbocycles. The maximum atomic E-state index is 13.1. The van der Waals surface area contributed by atoms with Gasteiger partial charge < -0.3 is 4.90 Å². The summed E-state index contributed by atoms with van der Waals surface area (Å²) in [5.74, 6) is 0.0961. The normalized spacial score (nSPS) is 19.0. The number of aromatic nitrogens is 3. The van der Waals surface area contributed by atoms with Gasteiger partial charge in [0, 0.05) is 19.0 Å². The molecule has 0 bridgehead atoms. The van der Waals surface area contributed by atoms with Gasteiger partial charge in [-0.1, -0.05) is 18.6 Å². The number of halogens is 1. The van der Waals surface area contributed by atoms with Crippen LogP contribution in [0.25, 0.3) is 0 Å². The van der Waals surface area contributed by atoms with Gasteiger partial charge in [-0.15, -0.1) is 0 Å². The van der Waals surface area contributed by atoms with Crippen LogP contribution in [0.2, 0.25) is 0 Å². The van der Waals surface area contributed by atoms with Gasteiger partial charge in [-0.25, -0.2) is 14.1 Å². The van der Waals surface area contributed by atoms with Crippen LogP contribution in [0.15, 0.2) is 36.9 Å². The number of hydrogen-bond acceptors (Lipinski definition) is 3. The van der Waals surface area contributed by atoms with Gasteiger partial charge in [0.25, 0.3) is 0 Å². The number of benzene rings is 1. The van der Waals surface area contributed by atoms with Crippen LogP contribution in [-0.4, -0.2) is 38.7 Å². The average Bonchev–Trinajstić information content (AvgIpc) is 2.90. The van der Waals surface area contributed by atoms with Gasteiger partial charge in [0.05, 0.1) is 0 Å². The lowest BCUT2D eigenvalue weighted by Crippen LogP contribution is -2.36. The molecule has 1 aliphatic rings. The monoisotopic (exact) mass is 302 g/mol. The number of hydrogen-bond donors (Lipinski definition) is 0. The molecule has 0 N–H and O–H groups in total. The highest BCUT2D eigenvalue weighted by Crippen LogP contribution is 2.26. The summed E-state index contributed by atoms with van der Waals surface area (Å²) < 4.78 is 14.6. The molecule has 0 radical (unpaired) electrons. The Balaban J connectivity index is 1.69. The molecule has 1 fully saturated rings. The molecule has 0 aliphatic carbocycles. The first-order valence-corrected chi connectivity index (χ1v) is 7.58. The first kappa shape index (κ1) is 14.7. The van der Waals surface area contributed by atoms with Crippen molar-refractivity contribution in [3.05, 3.63) is 48.3 Å². The molecule has 1 saturated heterocycles. The van der Waals surface area contributed by atoms with Crippen molar-refractivity contribution in [2.24, 2.45) is 0 Å². The largest absolute Gasteiger partial charge is 0.340 e. The SMILES string of the molecule is O=C(Cn1cncn1)N1CCCCC(c2ccc(F)cc2)C1. The Kier molecular flexibility index (Phi) is 4.46. The van der Waals surface area contributed by atoms with E-state index >= 15 is 0 Å². The number of rotatable bonds is 3. The first-order chi connectivity index (χ1) is 10.7. The maximum absolute atomic E-state index is 13.1. The van der Waals surface area contributed by atoms with E-state index in [0.29, 0.717) is 6.54 Å². The van der Waals surface area contributed by atoms with Crippen LogP contribution in [0.1, 0.15) is 30.7 Å². The standard InChI is InChI=1S/C16H19FN4O/c17-15-6-4-13(5-7-15)14-3-1-2-8-20(9-14)16(22)10-21-12-18-11-19-21/h4-7,11-12,14H,1-3,8-10H2. The van der Waals surface area contributed by atoms with Crippen LogP contribution in [0.4, 0.5) is 4.39 Å². The molecule has 1 aromatic carbocycles. The van der Waals surface area contributed by atoms with Gasteiger partial charge >= 0.3 is 0 Å². The minimum Gasteiger partial charge on any atom is -0.340 e. The van der Waals surface area contributed by atoms with E-state index in [9.17, 15) is 9.18 Å². The minimum absolute atomic E-state index is 0.0551. The molecule has 1 atom stereocenters. The highest BCUT2D eigenvalue weighted by Gasteiger charge is 2.23. The molecule has 1 unspecified atom stereocenters. The number of likely N-dealkylation sites (tertiary alicyclic amines) is 1. The average molecular weight is 302 g/mol. The highest BCUT2D eigenvalue weighted by atomic mass is 19.1. The van der Waals surface area contributed by atoms with Crippen molar-refractivity contribution < 1.29 is 9.18 Å². The summed E-state index contributed by atoms with van der Waals surface area (Å²) in [7, 11) is 0. The summed E-state index contributed by atoms with van der Waals surface area (Å²) in [5.41, 5.74) is 1.10. The van der Waals surface area contributed by atoms with Gasteiger partial charge in [0.2, 0.25) is 5.91 Å². The lowest BCUT2D eigenvalue weighted by molar-refractivity contribution is -0.132. The van der Waals surface area contributed by atoms with Crippen molar-refractivity contribution in [1.82, 2.24) is 19.7 Å². The molecule has 2 heterocycles. The third-order valence-corrected chi connectivity index (χ3v) is 4.13. The second kappa shape index (κ2) is 6.68. The lowest BCUT2D eigenvalue weighted by atomic mass is 9.94. The fraction of sp³-hybridized carbons (Fsp3) is 0.438. The second-order valence-corrected chi connectivity index (χ2v) is 5.68. The van der Waals surface area contributed by atoms with E-state index in [1.807, 2.05) is 17.0 Å². The molecule has 3 rings (SSSR count). The summed E-state index contributed by atoms with van der Waals surface area (Å²) >= 11 is 0. The van der Waals surface area contributed by atoms with Crippen LogP contribution in [-0.2, 0) is 11.3 Å².